The topological polar surface area (TPSA) is 77.5 Å². The number of hydrogen-bond acceptors (Lipinski definition) is 4. The van der Waals surface area contributed by atoms with Gasteiger partial charge in [-0.15, -0.1) is 0 Å². The molecule has 0 heterocycles. The Morgan fingerprint density at radius 1 is 1.11 bits per heavy atom. The van der Waals surface area contributed by atoms with Gasteiger partial charge in [-0.25, -0.2) is 8.42 Å². The molecule has 0 N–H and O–H groups in total. The van der Waals surface area contributed by atoms with Crippen LogP contribution in [0.1, 0.15) is 51.9 Å². The molecule has 108 valence electrons. The molecule has 0 unspecified atom stereocenters. The van der Waals surface area contributed by atoms with Crippen molar-refractivity contribution in [1.29, 1.82) is 0 Å². The van der Waals surface area contributed by atoms with E-state index >= 15 is 0 Å². The van der Waals surface area contributed by atoms with Gasteiger partial charge in [-0.3, -0.25) is 4.79 Å². The zero-order chi connectivity index (χ0) is 14.0. The Morgan fingerprint density at radius 2 is 1.68 bits per heavy atom. The molecule has 0 atom stereocenters. The molecular weight excluding hydrogens is 277 g/mol. The molecule has 0 aliphatic heterocycles. The molecule has 0 rings (SSSR count). The van der Waals surface area contributed by atoms with Gasteiger partial charge in [-0.2, -0.15) is 0 Å². The van der Waals surface area contributed by atoms with E-state index in [1.165, 1.54) is 17.7 Å². The summed E-state index contributed by atoms with van der Waals surface area (Å²) in [5, 5.41) is 0. The quantitative estimate of drug-likeness (QED) is 0.287. The second-order valence-electron chi connectivity index (χ2n) is 4.59. The molecule has 0 fully saturated rings. The first-order valence-corrected chi connectivity index (χ1v) is 8.12. The van der Waals surface area contributed by atoms with E-state index in [1.54, 1.807) is 7.05 Å². The van der Waals surface area contributed by atoms with Crippen molar-refractivity contribution in [1.82, 2.24) is 4.90 Å². The molecule has 1 amide bonds. The number of nitrogens with zero attached hydrogens (tertiary/aromatic N) is 1. The van der Waals surface area contributed by atoms with E-state index in [4.69, 9.17) is 0 Å². The van der Waals surface area contributed by atoms with Crippen molar-refractivity contribution in [2.24, 2.45) is 0 Å². The average molecular weight is 301 g/mol. The van der Waals surface area contributed by atoms with E-state index in [1.807, 2.05) is 0 Å². The van der Waals surface area contributed by atoms with Crippen molar-refractivity contribution >= 4 is 16.0 Å². The van der Waals surface area contributed by atoms with E-state index in [-0.39, 0.29) is 41.9 Å². The zero-order valence-corrected chi connectivity index (χ0v) is 15.2. The van der Waals surface area contributed by atoms with Crippen molar-refractivity contribution in [3.63, 3.8) is 0 Å². The Labute approximate surface area is 139 Å². The third-order valence-corrected chi connectivity index (χ3v) is 3.60. The predicted molar refractivity (Wildman–Crippen MR) is 70.2 cm³/mol. The molecule has 5 nitrogen and oxygen atoms in total. The summed E-state index contributed by atoms with van der Waals surface area (Å²) in [4.78, 5) is 13.1. The standard InChI is InChI=1S/C12H25NO4S.Na/c1-3-4-5-6-7-9-12(14)13(2)10-8-11-18(15,16)17;/h3-11H2,1-2H3,(H,15,16,17);/q;+1/p-1. The van der Waals surface area contributed by atoms with Crippen molar-refractivity contribution in [3.05, 3.63) is 0 Å². The second-order valence-corrected chi connectivity index (χ2v) is 6.12. The molecule has 7 heteroatoms. The van der Waals surface area contributed by atoms with E-state index < -0.39 is 15.9 Å². The Balaban J connectivity index is 0. The zero-order valence-electron chi connectivity index (χ0n) is 12.4. The number of amides is 1. The Morgan fingerprint density at radius 3 is 2.21 bits per heavy atom. The summed E-state index contributed by atoms with van der Waals surface area (Å²) in [5.74, 6) is -0.379. The molecule has 19 heavy (non-hydrogen) atoms. The van der Waals surface area contributed by atoms with Crippen LogP contribution in [0.15, 0.2) is 0 Å². The minimum atomic E-state index is -4.16. The normalized spacial score (nSPS) is 10.9. The maximum Gasteiger partial charge on any atom is 1.00 e. The van der Waals surface area contributed by atoms with Crippen molar-refractivity contribution < 1.29 is 47.3 Å². The van der Waals surface area contributed by atoms with Crippen LogP contribution in [0.3, 0.4) is 0 Å². The molecule has 0 saturated carbocycles. The number of carbonyl (C=O) groups excluding carboxylic acids is 1. The average Bonchev–Trinajstić information content (AvgIpc) is 2.26. The van der Waals surface area contributed by atoms with Crippen LogP contribution in [0.5, 0.6) is 0 Å². The summed E-state index contributed by atoms with van der Waals surface area (Å²) in [5.41, 5.74) is 0. The van der Waals surface area contributed by atoms with Crippen molar-refractivity contribution in [3.8, 4) is 0 Å². The molecule has 0 radical (unpaired) electrons. The fourth-order valence-electron chi connectivity index (χ4n) is 1.67. The molecular formula is C12H24NNaO4S. The maximum absolute atomic E-state index is 11.6. The Bertz CT molecular complexity index is 333. The van der Waals surface area contributed by atoms with Gasteiger partial charge < -0.3 is 9.45 Å². The van der Waals surface area contributed by atoms with Gasteiger partial charge in [0.1, 0.15) is 0 Å². The Hall–Kier alpha value is 0.380. The molecule has 0 bridgehead atoms. The van der Waals surface area contributed by atoms with E-state index in [0.717, 1.165) is 19.3 Å². The van der Waals surface area contributed by atoms with Crippen LogP contribution < -0.4 is 29.6 Å². The maximum atomic E-state index is 11.6. The third kappa shape index (κ3) is 14.6. The summed E-state index contributed by atoms with van der Waals surface area (Å²) in [6.45, 7) is 2.47. The molecule has 0 saturated heterocycles. The fraction of sp³-hybridized carbons (Fsp3) is 0.917. The number of unbranched alkanes of at least 4 members (excludes halogenated alkanes) is 4. The summed E-state index contributed by atoms with van der Waals surface area (Å²) < 4.78 is 31.2. The van der Waals surface area contributed by atoms with Crippen LogP contribution in [0.2, 0.25) is 0 Å². The third-order valence-electron chi connectivity index (χ3n) is 2.81. The number of carbonyl (C=O) groups is 1. The minimum Gasteiger partial charge on any atom is -0.748 e. The molecule has 0 aromatic carbocycles. The summed E-state index contributed by atoms with van der Waals surface area (Å²) in [6.07, 6.45) is 6.18. The van der Waals surface area contributed by atoms with Gasteiger partial charge in [0.2, 0.25) is 5.91 Å². The first-order chi connectivity index (χ1) is 8.37. The fourth-order valence-corrected chi connectivity index (χ4v) is 2.16. The predicted octanol–water partition coefficient (Wildman–Crippen LogP) is -1.26. The van der Waals surface area contributed by atoms with Crippen LogP contribution >= 0.6 is 0 Å². The molecule has 0 aromatic heterocycles. The molecule has 0 aliphatic carbocycles. The summed E-state index contributed by atoms with van der Waals surface area (Å²) >= 11 is 0. The van der Waals surface area contributed by atoms with E-state index in [0.29, 0.717) is 13.0 Å². The largest absolute Gasteiger partial charge is 1.00 e. The summed E-state index contributed by atoms with van der Waals surface area (Å²) in [6, 6.07) is 0. The first kappa shape index (κ1) is 21.7. The molecule has 0 aliphatic rings. The SMILES string of the molecule is CCCCCCCC(=O)N(C)CCCS(=O)(=O)[O-].[Na+]. The number of rotatable bonds is 10. The van der Waals surface area contributed by atoms with Gasteiger partial charge in [-0.1, -0.05) is 32.6 Å². The van der Waals surface area contributed by atoms with E-state index in [9.17, 15) is 17.8 Å². The summed E-state index contributed by atoms with van der Waals surface area (Å²) in [7, 11) is -2.52. The smallest absolute Gasteiger partial charge is 0.748 e. The van der Waals surface area contributed by atoms with Gasteiger partial charge in [-0.05, 0) is 12.8 Å². The molecule has 0 aromatic rings. The van der Waals surface area contributed by atoms with Gasteiger partial charge in [0, 0.05) is 25.8 Å². The van der Waals surface area contributed by atoms with Crippen LogP contribution in [0.4, 0.5) is 0 Å². The first-order valence-electron chi connectivity index (χ1n) is 6.54. The Kier molecular flexibility index (Phi) is 13.9. The van der Waals surface area contributed by atoms with Crippen LogP contribution in [0, 0.1) is 0 Å². The van der Waals surface area contributed by atoms with Crippen molar-refractivity contribution in [2.45, 2.75) is 51.9 Å². The van der Waals surface area contributed by atoms with Gasteiger partial charge in [0.25, 0.3) is 0 Å². The van der Waals surface area contributed by atoms with E-state index in [2.05, 4.69) is 6.92 Å². The van der Waals surface area contributed by atoms with Crippen LogP contribution in [-0.2, 0) is 14.9 Å². The minimum absolute atomic E-state index is 0. The monoisotopic (exact) mass is 301 g/mol. The van der Waals surface area contributed by atoms with Gasteiger partial charge in [0.15, 0.2) is 0 Å². The van der Waals surface area contributed by atoms with Crippen LogP contribution in [-0.4, -0.2) is 43.1 Å². The van der Waals surface area contributed by atoms with Crippen LogP contribution in [0.25, 0.3) is 0 Å². The number of hydrogen-bond donors (Lipinski definition) is 0. The second kappa shape index (κ2) is 12.1. The van der Waals surface area contributed by atoms with Gasteiger partial charge >= 0.3 is 29.6 Å². The van der Waals surface area contributed by atoms with Gasteiger partial charge in [0.05, 0.1) is 10.1 Å². The molecule has 0 spiro atoms. The van der Waals surface area contributed by atoms with Crippen molar-refractivity contribution in [2.75, 3.05) is 19.3 Å².